The van der Waals surface area contributed by atoms with Crippen LogP contribution in [0.15, 0.2) is 55.0 Å². The molecule has 1 fully saturated rings. The summed E-state index contributed by atoms with van der Waals surface area (Å²) in [7, 11) is 0. The van der Waals surface area contributed by atoms with Crippen LogP contribution in [0.3, 0.4) is 0 Å². The van der Waals surface area contributed by atoms with Gasteiger partial charge in [-0.3, -0.25) is 19.9 Å². The molecule has 0 spiro atoms. The zero-order chi connectivity index (χ0) is 25.4. The average molecular weight is 494 g/mol. The Morgan fingerprint density at radius 1 is 1.03 bits per heavy atom. The summed E-state index contributed by atoms with van der Waals surface area (Å²) < 4.78 is 0. The van der Waals surface area contributed by atoms with Gasteiger partial charge < -0.3 is 15.2 Å². The second-order valence-electron chi connectivity index (χ2n) is 10.3. The van der Waals surface area contributed by atoms with Crippen LogP contribution in [-0.4, -0.2) is 44.1 Å². The van der Waals surface area contributed by atoms with Gasteiger partial charge in [0.25, 0.3) is 0 Å². The second kappa shape index (κ2) is 9.69. The molecule has 0 bridgehead atoms. The number of nitrogens with zero attached hydrogens (tertiary/aromatic N) is 4. The molecular formula is C29H31N7O. The monoisotopic (exact) mass is 493 g/mol. The largest absolute Gasteiger partial charge is 0.371 e. The zero-order valence-electron chi connectivity index (χ0n) is 21.2. The Bertz CT molecular complexity index is 1580. The summed E-state index contributed by atoms with van der Waals surface area (Å²) in [5.41, 5.74) is 7.35. The second-order valence-corrected chi connectivity index (χ2v) is 10.3. The number of amides is 1. The number of rotatable bonds is 6. The van der Waals surface area contributed by atoms with Gasteiger partial charge in [0.15, 0.2) is 0 Å². The van der Waals surface area contributed by atoms with Crippen LogP contribution in [0.2, 0.25) is 0 Å². The van der Waals surface area contributed by atoms with Gasteiger partial charge in [-0.1, -0.05) is 19.9 Å². The number of benzene rings is 1. The summed E-state index contributed by atoms with van der Waals surface area (Å²) in [4.78, 5) is 27.3. The maximum Gasteiger partial charge on any atom is 0.224 e. The summed E-state index contributed by atoms with van der Waals surface area (Å²) in [5, 5.41) is 12.9. The lowest BCUT2D eigenvalue weighted by Gasteiger charge is -2.29. The third-order valence-corrected chi connectivity index (χ3v) is 6.95. The number of carbonyl (C=O) groups excluding carboxylic acids is 1. The van der Waals surface area contributed by atoms with Gasteiger partial charge in [0.2, 0.25) is 5.91 Å². The Morgan fingerprint density at radius 2 is 1.89 bits per heavy atom. The summed E-state index contributed by atoms with van der Waals surface area (Å²) in [6.45, 7) is 6.26. The number of aromatic nitrogens is 5. The minimum atomic E-state index is -0.0165. The molecule has 1 saturated heterocycles. The van der Waals surface area contributed by atoms with E-state index in [1.807, 2.05) is 26.0 Å². The summed E-state index contributed by atoms with van der Waals surface area (Å²) >= 11 is 0. The maximum absolute atomic E-state index is 12.2. The Hall–Kier alpha value is -4.20. The highest BCUT2D eigenvalue weighted by Gasteiger charge is 2.18. The smallest absolute Gasteiger partial charge is 0.224 e. The van der Waals surface area contributed by atoms with E-state index in [0.29, 0.717) is 18.0 Å². The zero-order valence-corrected chi connectivity index (χ0v) is 21.2. The van der Waals surface area contributed by atoms with E-state index in [1.54, 1.807) is 18.6 Å². The van der Waals surface area contributed by atoms with Crippen LogP contribution in [-0.2, 0) is 4.79 Å². The molecule has 0 radical (unpaired) electrons. The fourth-order valence-corrected chi connectivity index (χ4v) is 5.19. The Balaban J connectivity index is 1.35. The number of aromatic amines is 2. The predicted octanol–water partition coefficient (Wildman–Crippen LogP) is 6.14. The van der Waals surface area contributed by atoms with Crippen LogP contribution in [0, 0.1) is 5.92 Å². The van der Waals surface area contributed by atoms with Gasteiger partial charge in [-0.2, -0.15) is 5.10 Å². The lowest BCUT2D eigenvalue weighted by atomic mass is 10.1. The molecule has 0 unspecified atom stereocenters. The van der Waals surface area contributed by atoms with Crippen molar-refractivity contribution in [3.05, 3.63) is 55.0 Å². The highest BCUT2D eigenvalue weighted by molar-refractivity contribution is 6.00. The van der Waals surface area contributed by atoms with Gasteiger partial charge in [0.05, 0.1) is 35.0 Å². The highest BCUT2D eigenvalue weighted by Crippen LogP contribution is 2.35. The molecule has 5 aromatic rings. The average Bonchev–Trinajstić information content (AvgIpc) is 3.52. The molecule has 3 N–H and O–H groups in total. The number of H-pyrrole nitrogens is 2. The lowest BCUT2D eigenvalue weighted by molar-refractivity contribution is -0.116. The number of nitrogens with one attached hydrogen (secondary N) is 3. The lowest BCUT2D eigenvalue weighted by Crippen LogP contribution is -2.29. The molecule has 0 saturated carbocycles. The molecule has 6 rings (SSSR count). The number of hydrogen-bond donors (Lipinski definition) is 3. The number of pyridine rings is 2. The van der Waals surface area contributed by atoms with Crippen LogP contribution < -0.4 is 10.2 Å². The number of piperidine rings is 1. The molecule has 188 valence electrons. The van der Waals surface area contributed by atoms with E-state index < -0.39 is 0 Å². The van der Waals surface area contributed by atoms with Gasteiger partial charge >= 0.3 is 0 Å². The normalized spacial score (nSPS) is 14.1. The molecule has 1 amide bonds. The molecule has 0 atom stereocenters. The predicted molar refractivity (Wildman–Crippen MR) is 149 cm³/mol. The van der Waals surface area contributed by atoms with Gasteiger partial charge in [0, 0.05) is 53.2 Å². The molecule has 0 aliphatic carbocycles. The molecule has 1 aliphatic rings. The molecule has 37 heavy (non-hydrogen) atoms. The Kier molecular flexibility index (Phi) is 6.08. The van der Waals surface area contributed by atoms with Crippen molar-refractivity contribution in [3.8, 4) is 22.6 Å². The molecular weight excluding hydrogens is 462 g/mol. The van der Waals surface area contributed by atoms with Crippen molar-refractivity contribution in [3.63, 3.8) is 0 Å². The Morgan fingerprint density at radius 3 is 2.73 bits per heavy atom. The van der Waals surface area contributed by atoms with Crippen LogP contribution in [0.4, 0.5) is 11.4 Å². The Labute approximate surface area is 215 Å². The number of fused-ring (bicyclic) bond motifs is 2. The van der Waals surface area contributed by atoms with Crippen LogP contribution in [0.5, 0.6) is 0 Å². The highest BCUT2D eigenvalue weighted by atomic mass is 16.1. The van der Waals surface area contributed by atoms with Crippen molar-refractivity contribution in [2.75, 3.05) is 23.3 Å². The number of carbonyl (C=O) groups is 1. The van der Waals surface area contributed by atoms with Gasteiger partial charge in [0.1, 0.15) is 5.69 Å². The van der Waals surface area contributed by atoms with Gasteiger partial charge in [-0.15, -0.1) is 0 Å². The quantitative estimate of drug-likeness (QED) is 0.264. The van der Waals surface area contributed by atoms with E-state index in [4.69, 9.17) is 0 Å². The van der Waals surface area contributed by atoms with Crippen LogP contribution in [0.25, 0.3) is 44.5 Å². The minimum absolute atomic E-state index is 0.0165. The van der Waals surface area contributed by atoms with E-state index >= 15 is 0 Å². The first-order valence-corrected chi connectivity index (χ1v) is 13.0. The van der Waals surface area contributed by atoms with Crippen LogP contribution >= 0.6 is 0 Å². The standard InChI is InChI=1S/C29H31N7O/c1-18(2)11-28(37)32-20-12-19(15-30-16-20)24-14-22-26(17-31-24)34-35-29(22)25-13-21-23(33-25)7-6-8-27(21)36-9-4-3-5-10-36/h6-8,12-18,33H,3-5,9-11H2,1-2H3,(H,32,37)(H,34,35). The van der Waals surface area contributed by atoms with Crippen molar-refractivity contribution < 1.29 is 4.79 Å². The summed E-state index contributed by atoms with van der Waals surface area (Å²) in [5.74, 6) is 0.275. The van der Waals surface area contributed by atoms with E-state index in [1.165, 1.54) is 30.3 Å². The maximum atomic E-state index is 12.2. The molecule has 8 nitrogen and oxygen atoms in total. The van der Waals surface area contributed by atoms with E-state index in [-0.39, 0.29) is 5.91 Å². The van der Waals surface area contributed by atoms with E-state index in [9.17, 15) is 4.79 Å². The first-order chi connectivity index (χ1) is 18.0. The summed E-state index contributed by atoms with van der Waals surface area (Å²) in [6, 6.07) is 12.6. The first kappa shape index (κ1) is 23.2. The fraction of sp³-hybridized carbons (Fsp3) is 0.310. The molecule has 1 aliphatic heterocycles. The number of anilines is 2. The van der Waals surface area contributed by atoms with E-state index in [2.05, 4.69) is 59.6 Å². The first-order valence-electron chi connectivity index (χ1n) is 13.0. The van der Waals surface area contributed by atoms with Crippen LogP contribution in [0.1, 0.15) is 39.5 Å². The SMILES string of the molecule is CC(C)CC(=O)Nc1cncc(-c2cc3c(-c4cc5c(N6CCCCC6)cccc5[nH]4)n[nH]c3cn2)c1. The molecule has 8 heteroatoms. The molecule has 4 aromatic heterocycles. The fourth-order valence-electron chi connectivity index (χ4n) is 5.19. The van der Waals surface area contributed by atoms with E-state index in [0.717, 1.165) is 52.2 Å². The molecule has 5 heterocycles. The third-order valence-electron chi connectivity index (χ3n) is 6.95. The number of hydrogen-bond acceptors (Lipinski definition) is 5. The van der Waals surface area contributed by atoms with Crippen molar-refractivity contribution in [1.82, 2.24) is 25.1 Å². The molecule has 1 aromatic carbocycles. The topological polar surface area (TPSA) is 103 Å². The van der Waals surface area contributed by atoms with Crippen molar-refractivity contribution >= 4 is 39.1 Å². The van der Waals surface area contributed by atoms with Crippen molar-refractivity contribution in [2.45, 2.75) is 39.5 Å². The van der Waals surface area contributed by atoms with Gasteiger partial charge in [-0.05, 0) is 55.5 Å². The van der Waals surface area contributed by atoms with Crippen molar-refractivity contribution in [1.29, 1.82) is 0 Å². The minimum Gasteiger partial charge on any atom is -0.371 e. The summed E-state index contributed by atoms with van der Waals surface area (Å²) in [6.07, 6.45) is 9.48. The third kappa shape index (κ3) is 4.67. The van der Waals surface area contributed by atoms with Crippen molar-refractivity contribution in [2.24, 2.45) is 5.92 Å². The van der Waals surface area contributed by atoms with Gasteiger partial charge in [-0.25, -0.2) is 0 Å².